The fraction of sp³-hybridized carbons (Fsp3) is 0.475. The lowest BCUT2D eigenvalue weighted by atomic mass is 9.83. The molecule has 0 saturated carbocycles. The maximum atomic E-state index is 14.8. The van der Waals surface area contributed by atoms with Crippen molar-refractivity contribution in [2.24, 2.45) is 0 Å². The molecule has 3 N–H and O–H groups in total. The highest BCUT2D eigenvalue weighted by atomic mass is 16.3. The normalized spacial score (nSPS) is 12.2. The van der Waals surface area contributed by atoms with E-state index in [1.165, 1.54) is 11.9 Å². The number of aromatic hydroxyl groups is 3. The number of phenols is 3. The van der Waals surface area contributed by atoms with Crippen LogP contribution < -0.4 is 14.7 Å². The standard InChI is InChI=1S/C40H55N3O6/c1-21-17-27(38(7,8)9)33(45)24(4)30(21)41(16)36(48)43(32-23(3)19-29(40(13,14)15)35(47)26(32)6)37(49)42(20-44)31-22(2)18-28(39(10,11)12)34(46)25(31)5/h17-20,45-47H,1-16H3. The second kappa shape index (κ2) is 13.1. The minimum absolute atomic E-state index is 0.0420. The van der Waals surface area contributed by atoms with E-state index in [0.717, 1.165) is 9.80 Å². The zero-order valence-corrected chi connectivity index (χ0v) is 32.2. The number of rotatable bonds is 4. The van der Waals surface area contributed by atoms with Crippen LogP contribution in [0.25, 0.3) is 0 Å². The molecule has 0 spiro atoms. The molecule has 0 aliphatic carbocycles. The third-order valence-electron chi connectivity index (χ3n) is 9.30. The molecule has 0 heterocycles. The summed E-state index contributed by atoms with van der Waals surface area (Å²) >= 11 is 0. The van der Waals surface area contributed by atoms with Gasteiger partial charge in [0.2, 0.25) is 6.41 Å². The number of amides is 5. The number of carbonyl (C=O) groups is 3. The Labute approximate surface area is 292 Å². The number of nitrogens with zero attached hydrogens (tertiary/aromatic N) is 3. The van der Waals surface area contributed by atoms with Gasteiger partial charge in [0.15, 0.2) is 0 Å². The quantitative estimate of drug-likeness (QED) is 0.237. The number of benzene rings is 3. The molecule has 3 aromatic carbocycles. The topological polar surface area (TPSA) is 122 Å². The van der Waals surface area contributed by atoms with E-state index in [4.69, 9.17) is 0 Å². The summed E-state index contributed by atoms with van der Waals surface area (Å²) in [6.45, 7) is 28.0. The van der Waals surface area contributed by atoms with Crippen molar-refractivity contribution in [2.45, 2.75) is 120 Å². The number of hydrogen-bond acceptors (Lipinski definition) is 6. The summed E-state index contributed by atoms with van der Waals surface area (Å²) in [4.78, 5) is 45.6. The Hall–Kier alpha value is -4.53. The van der Waals surface area contributed by atoms with Crippen LogP contribution >= 0.6 is 0 Å². The van der Waals surface area contributed by atoms with E-state index in [1.54, 1.807) is 46.8 Å². The first-order valence-corrected chi connectivity index (χ1v) is 16.6. The monoisotopic (exact) mass is 673 g/mol. The highest BCUT2D eigenvalue weighted by Crippen LogP contribution is 2.45. The van der Waals surface area contributed by atoms with Gasteiger partial charge in [0, 0.05) is 23.7 Å². The molecule has 0 aliphatic rings. The predicted octanol–water partition coefficient (Wildman–Crippen LogP) is 9.39. The van der Waals surface area contributed by atoms with Gasteiger partial charge in [-0.25, -0.2) is 19.4 Å². The van der Waals surface area contributed by atoms with E-state index in [9.17, 15) is 29.7 Å². The molecule has 0 saturated heterocycles. The molecular formula is C40H55N3O6. The fourth-order valence-corrected chi connectivity index (χ4v) is 6.66. The number of anilines is 3. The van der Waals surface area contributed by atoms with Gasteiger partial charge in [0.1, 0.15) is 17.2 Å². The van der Waals surface area contributed by atoms with Crippen LogP contribution in [0, 0.1) is 41.5 Å². The SMILES string of the molecule is Cc1cc(C(C)(C)C)c(O)c(C)c1N(C)C(=O)N(C(=O)N(C=O)c1c(C)cc(C(C)(C)C)c(O)c1C)c1c(C)cc(C(C)(C)C)c(O)c1C. The van der Waals surface area contributed by atoms with Crippen molar-refractivity contribution < 1.29 is 29.7 Å². The first-order chi connectivity index (χ1) is 22.2. The van der Waals surface area contributed by atoms with E-state index in [2.05, 4.69) is 0 Å². The molecule has 3 rings (SSSR count). The molecule has 0 fully saturated rings. The van der Waals surface area contributed by atoms with Crippen LogP contribution in [0.5, 0.6) is 17.2 Å². The van der Waals surface area contributed by atoms with E-state index in [0.29, 0.717) is 56.6 Å². The van der Waals surface area contributed by atoms with Gasteiger partial charge in [0.25, 0.3) is 0 Å². The molecular weight excluding hydrogens is 618 g/mol. The van der Waals surface area contributed by atoms with E-state index >= 15 is 0 Å². The van der Waals surface area contributed by atoms with Crippen LogP contribution in [0.4, 0.5) is 26.7 Å². The van der Waals surface area contributed by atoms with E-state index in [-0.39, 0.29) is 39.6 Å². The Kier molecular flexibility index (Phi) is 10.4. The summed E-state index contributed by atoms with van der Waals surface area (Å²) in [5.74, 6) is -0.0821. The second-order valence-electron chi connectivity index (χ2n) is 16.4. The van der Waals surface area contributed by atoms with Gasteiger partial charge in [-0.3, -0.25) is 9.69 Å². The zero-order chi connectivity index (χ0) is 37.9. The summed E-state index contributed by atoms with van der Waals surface area (Å²) < 4.78 is 0. The first-order valence-electron chi connectivity index (χ1n) is 16.6. The van der Waals surface area contributed by atoms with Crippen molar-refractivity contribution in [3.63, 3.8) is 0 Å². The average molecular weight is 674 g/mol. The minimum atomic E-state index is -0.999. The Morgan fingerprint density at radius 1 is 0.551 bits per heavy atom. The van der Waals surface area contributed by atoms with Gasteiger partial charge in [-0.15, -0.1) is 0 Å². The Balaban J connectivity index is 2.40. The molecule has 0 aliphatic heterocycles. The van der Waals surface area contributed by atoms with Gasteiger partial charge >= 0.3 is 12.1 Å². The van der Waals surface area contributed by atoms with Gasteiger partial charge in [-0.2, -0.15) is 0 Å². The van der Waals surface area contributed by atoms with Crippen LogP contribution in [-0.4, -0.2) is 40.8 Å². The molecule has 0 atom stereocenters. The van der Waals surface area contributed by atoms with Crippen LogP contribution in [0.2, 0.25) is 0 Å². The summed E-state index contributed by atoms with van der Waals surface area (Å²) in [6, 6.07) is 3.51. The second-order valence-corrected chi connectivity index (χ2v) is 16.4. The summed E-state index contributed by atoms with van der Waals surface area (Å²) in [5.41, 5.74) is 4.23. The third-order valence-corrected chi connectivity index (χ3v) is 9.30. The summed E-state index contributed by atoms with van der Waals surface area (Å²) in [5, 5.41) is 34.0. The van der Waals surface area contributed by atoms with Crippen LogP contribution in [-0.2, 0) is 21.0 Å². The molecule has 0 unspecified atom stereocenters. The average Bonchev–Trinajstić information content (AvgIpc) is 2.96. The van der Waals surface area contributed by atoms with Crippen molar-refractivity contribution in [3.05, 3.63) is 68.3 Å². The maximum Gasteiger partial charge on any atom is 0.343 e. The van der Waals surface area contributed by atoms with Gasteiger partial charge in [-0.05, 0) is 109 Å². The smallest absolute Gasteiger partial charge is 0.343 e. The van der Waals surface area contributed by atoms with Crippen LogP contribution in [0.15, 0.2) is 18.2 Å². The molecule has 0 aromatic heterocycles. The van der Waals surface area contributed by atoms with Crippen LogP contribution in [0.1, 0.15) is 112 Å². The lowest BCUT2D eigenvalue weighted by Crippen LogP contribution is -2.52. The van der Waals surface area contributed by atoms with Gasteiger partial charge in [-0.1, -0.05) is 62.3 Å². The molecule has 9 heteroatoms. The van der Waals surface area contributed by atoms with Crippen molar-refractivity contribution >= 4 is 35.5 Å². The lowest BCUT2D eigenvalue weighted by molar-refractivity contribution is -0.106. The number of carbonyl (C=O) groups excluding carboxylic acids is 3. The number of urea groups is 2. The maximum absolute atomic E-state index is 14.8. The highest BCUT2D eigenvalue weighted by Gasteiger charge is 2.38. The molecule has 266 valence electrons. The van der Waals surface area contributed by atoms with Crippen molar-refractivity contribution in [1.29, 1.82) is 0 Å². The summed E-state index contributed by atoms with van der Waals surface area (Å²) in [7, 11) is 1.51. The predicted molar refractivity (Wildman–Crippen MR) is 199 cm³/mol. The molecule has 0 bridgehead atoms. The van der Waals surface area contributed by atoms with Crippen molar-refractivity contribution in [1.82, 2.24) is 0 Å². The largest absolute Gasteiger partial charge is 0.507 e. The van der Waals surface area contributed by atoms with Crippen molar-refractivity contribution in [2.75, 3.05) is 21.7 Å². The minimum Gasteiger partial charge on any atom is -0.507 e. The molecule has 0 radical (unpaired) electrons. The fourth-order valence-electron chi connectivity index (χ4n) is 6.66. The number of phenolic OH excluding ortho intramolecular Hbond substituents is 3. The lowest BCUT2D eigenvalue weighted by Gasteiger charge is -2.35. The van der Waals surface area contributed by atoms with Crippen molar-refractivity contribution in [3.8, 4) is 17.2 Å². The third kappa shape index (κ3) is 6.98. The Morgan fingerprint density at radius 2 is 0.857 bits per heavy atom. The molecule has 5 amide bonds. The van der Waals surface area contributed by atoms with Gasteiger partial charge in [0.05, 0.1) is 17.1 Å². The number of aryl methyl sites for hydroxylation is 3. The molecule has 49 heavy (non-hydrogen) atoms. The van der Waals surface area contributed by atoms with E-state index < -0.39 is 22.9 Å². The highest BCUT2D eigenvalue weighted by molar-refractivity contribution is 6.27. The number of hydrogen-bond donors (Lipinski definition) is 3. The Bertz CT molecular complexity index is 1840. The zero-order valence-electron chi connectivity index (χ0n) is 32.2. The van der Waals surface area contributed by atoms with Crippen LogP contribution in [0.3, 0.4) is 0 Å². The molecule has 9 nitrogen and oxygen atoms in total. The first kappa shape index (κ1) is 38.9. The van der Waals surface area contributed by atoms with Gasteiger partial charge < -0.3 is 15.3 Å². The Morgan fingerprint density at radius 3 is 1.20 bits per heavy atom. The summed E-state index contributed by atoms with van der Waals surface area (Å²) in [6.07, 6.45) is 0.336. The number of imide groups is 2. The van der Waals surface area contributed by atoms with E-state index in [1.807, 2.05) is 75.3 Å². The molecule has 3 aromatic rings.